The normalized spacial score (nSPS) is 12.9. The molecule has 132 valence electrons. The third-order valence-electron chi connectivity index (χ3n) is 3.30. The molecule has 0 unspecified atom stereocenters. The van der Waals surface area contributed by atoms with E-state index in [-0.39, 0.29) is 18.4 Å². The maximum absolute atomic E-state index is 13.1. The van der Waals surface area contributed by atoms with E-state index in [9.17, 15) is 23.2 Å². The minimum atomic E-state index is -1.07. The number of ether oxygens (including phenoxy) is 2. The lowest BCUT2D eigenvalue weighted by atomic mass is 10.0. The molecule has 8 heteroatoms. The minimum absolute atomic E-state index is 0.0252. The molecule has 1 N–H and O–H groups in total. The van der Waals surface area contributed by atoms with Gasteiger partial charge >= 0.3 is 11.9 Å². The Morgan fingerprint density at radius 2 is 1.58 bits per heavy atom. The van der Waals surface area contributed by atoms with Crippen LogP contribution in [0, 0.1) is 17.6 Å². The maximum atomic E-state index is 13.1. The fraction of sp³-hybridized carbons (Fsp3) is 0.438. The van der Waals surface area contributed by atoms with Crippen LogP contribution in [-0.2, 0) is 30.3 Å². The summed E-state index contributed by atoms with van der Waals surface area (Å²) in [7, 11) is 2.36. The van der Waals surface area contributed by atoms with Crippen molar-refractivity contribution in [1.82, 2.24) is 5.32 Å². The lowest BCUT2D eigenvalue weighted by Crippen LogP contribution is -2.44. The van der Waals surface area contributed by atoms with Crippen molar-refractivity contribution in [3.05, 3.63) is 35.4 Å². The summed E-state index contributed by atoms with van der Waals surface area (Å²) in [5, 5.41) is 2.40. The lowest BCUT2D eigenvalue weighted by Gasteiger charge is -2.19. The largest absolute Gasteiger partial charge is 0.469 e. The SMILES string of the molecule is COC(=O)[C@H](C)C[C@H](NC(=O)Cc1cc(F)cc(F)c1)C(=O)OC. The van der Waals surface area contributed by atoms with Crippen molar-refractivity contribution in [2.75, 3.05) is 14.2 Å². The molecule has 0 saturated carbocycles. The zero-order valence-electron chi connectivity index (χ0n) is 13.6. The third-order valence-corrected chi connectivity index (χ3v) is 3.30. The molecule has 1 aromatic carbocycles. The van der Waals surface area contributed by atoms with Crippen LogP contribution < -0.4 is 5.32 Å². The molecule has 0 fully saturated rings. The molecule has 0 aliphatic heterocycles. The number of methoxy groups -OCH3 is 2. The Labute approximate surface area is 138 Å². The zero-order valence-corrected chi connectivity index (χ0v) is 13.6. The molecule has 24 heavy (non-hydrogen) atoms. The highest BCUT2D eigenvalue weighted by Gasteiger charge is 2.27. The topological polar surface area (TPSA) is 81.7 Å². The number of hydrogen-bond acceptors (Lipinski definition) is 5. The average molecular weight is 343 g/mol. The summed E-state index contributed by atoms with van der Waals surface area (Å²) in [5.74, 6) is -4.16. The number of rotatable bonds is 7. The highest BCUT2D eigenvalue weighted by molar-refractivity contribution is 5.86. The van der Waals surface area contributed by atoms with Crippen LogP contribution in [0.4, 0.5) is 8.78 Å². The third kappa shape index (κ3) is 5.94. The van der Waals surface area contributed by atoms with Gasteiger partial charge in [0.25, 0.3) is 0 Å². The molecule has 0 radical (unpaired) electrons. The maximum Gasteiger partial charge on any atom is 0.328 e. The Morgan fingerprint density at radius 3 is 2.08 bits per heavy atom. The van der Waals surface area contributed by atoms with E-state index in [4.69, 9.17) is 0 Å². The van der Waals surface area contributed by atoms with Crippen molar-refractivity contribution in [3.63, 3.8) is 0 Å². The molecule has 0 aliphatic rings. The number of nitrogens with one attached hydrogen (secondary N) is 1. The summed E-state index contributed by atoms with van der Waals surface area (Å²) in [6, 6.07) is 1.66. The summed E-state index contributed by atoms with van der Waals surface area (Å²) < 4.78 is 35.4. The Kier molecular flexibility index (Phi) is 7.29. The molecule has 1 amide bonds. The highest BCUT2D eigenvalue weighted by atomic mass is 19.1. The van der Waals surface area contributed by atoms with Crippen LogP contribution in [0.5, 0.6) is 0 Å². The second-order valence-corrected chi connectivity index (χ2v) is 5.26. The molecule has 1 aromatic rings. The molecule has 0 heterocycles. The predicted octanol–water partition coefficient (Wildman–Crippen LogP) is 1.36. The monoisotopic (exact) mass is 343 g/mol. The van der Waals surface area contributed by atoms with Gasteiger partial charge in [-0.15, -0.1) is 0 Å². The van der Waals surface area contributed by atoms with Gasteiger partial charge in [0.1, 0.15) is 17.7 Å². The van der Waals surface area contributed by atoms with Gasteiger partial charge in [0.2, 0.25) is 5.91 Å². The van der Waals surface area contributed by atoms with Gasteiger partial charge in [0.15, 0.2) is 0 Å². The number of esters is 2. The molecular weight excluding hydrogens is 324 g/mol. The van der Waals surface area contributed by atoms with Crippen LogP contribution >= 0.6 is 0 Å². The van der Waals surface area contributed by atoms with Gasteiger partial charge in [-0.25, -0.2) is 13.6 Å². The molecule has 0 aromatic heterocycles. The molecule has 0 saturated heterocycles. The summed E-state index contributed by atoms with van der Waals surface area (Å²) in [5.41, 5.74) is 0.120. The van der Waals surface area contributed by atoms with E-state index in [2.05, 4.69) is 14.8 Å². The number of carbonyl (C=O) groups is 3. The Balaban J connectivity index is 2.76. The lowest BCUT2D eigenvalue weighted by molar-refractivity contribution is -0.148. The Bertz CT molecular complexity index is 600. The molecular formula is C16H19F2NO5. The highest BCUT2D eigenvalue weighted by Crippen LogP contribution is 2.11. The Hall–Kier alpha value is -2.51. The number of benzene rings is 1. The first-order chi connectivity index (χ1) is 11.3. The van der Waals surface area contributed by atoms with Crippen LogP contribution in [0.15, 0.2) is 18.2 Å². The van der Waals surface area contributed by atoms with Crippen molar-refractivity contribution in [1.29, 1.82) is 0 Å². The molecule has 2 atom stereocenters. The van der Waals surface area contributed by atoms with Crippen molar-refractivity contribution < 1.29 is 32.6 Å². The van der Waals surface area contributed by atoms with Crippen LogP contribution in [0.25, 0.3) is 0 Å². The van der Waals surface area contributed by atoms with E-state index in [1.54, 1.807) is 0 Å². The quantitative estimate of drug-likeness (QED) is 0.756. The molecule has 0 aliphatic carbocycles. The second-order valence-electron chi connectivity index (χ2n) is 5.26. The Morgan fingerprint density at radius 1 is 1.04 bits per heavy atom. The van der Waals surface area contributed by atoms with Crippen molar-refractivity contribution in [2.45, 2.75) is 25.8 Å². The summed E-state index contributed by atoms with van der Waals surface area (Å²) in [4.78, 5) is 35.2. The van der Waals surface area contributed by atoms with Crippen molar-refractivity contribution in [2.24, 2.45) is 5.92 Å². The zero-order chi connectivity index (χ0) is 18.3. The van der Waals surface area contributed by atoms with Crippen molar-refractivity contribution in [3.8, 4) is 0 Å². The average Bonchev–Trinajstić information content (AvgIpc) is 2.51. The molecule has 0 spiro atoms. The van der Waals surface area contributed by atoms with Crippen LogP contribution in [0.3, 0.4) is 0 Å². The first-order valence-electron chi connectivity index (χ1n) is 7.16. The van der Waals surface area contributed by atoms with E-state index in [1.807, 2.05) is 0 Å². The smallest absolute Gasteiger partial charge is 0.328 e. The molecule has 1 rings (SSSR count). The second kappa shape index (κ2) is 8.95. The van der Waals surface area contributed by atoms with Crippen LogP contribution in [0.1, 0.15) is 18.9 Å². The van der Waals surface area contributed by atoms with E-state index >= 15 is 0 Å². The first-order valence-corrected chi connectivity index (χ1v) is 7.16. The van der Waals surface area contributed by atoms with E-state index < -0.39 is 41.4 Å². The summed E-state index contributed by atoms with van der Waals surface area (Å²) in [6.45, 7) is 1.54. The van der Waals surface area contributed by atoms with Gasteiger partial charge in [-0.3, -0.25) is 9.59 Å². The van der Waals surface area contributed by atoms with Gasteiger partial charge in [0, 0.05) is 6.07 Å². The number of halogens is 2. The van der Waals surface area contributed by atoms with Gasteiger partial charge in [-0.05, 0) is 24.1 Å². The molecule has 6 nitrogen and oxygen atoms in total. The number of amides is 1. The van der Waals surface area contributed by atoms with Gasteiger partial charge in [-0.1, -0.05) is 6.92 Å². The first kappa shape index (κ1) is 19.5. The summed E-state index contributed by atoms with van der Waals surface area (Å²) in [6.07, 6.45) is -0.350. The van der Waals surface area contributed by atoms with Crippen LogP contribution in [-0.4, -0.2) is 38.1 Å². The summed E-state index contributed by atoms with van der Waals surface area (Å²) >= 11 is 0. The van der Waals surface area contributed by atoms with Crippen LogP contribution in [0.2, 0.25) is 0 Å². The minimum Gasteiger partial charge on any atom is -0.469 e. The van der Waals surface area contributed by atoms with E-state index in [1.165, 1.54) is 14.0 Å². The van der Waals surface area contributed by atoms with Gasteiger partial charge in [0.05, 0.1) is 26.6 Å². The van der Waals surface area contributed by atoms with E-state index in [0.29, 0.717) is 6.07 Å². The van der Waals surface area contributed by atoms with Crippen molar-refractivity contribution >= 4 is 17.8 Å². The predicted molar refractivity (Wildman–Crippen MR) is 79.8 cm³/mol. The standard InChI is InChI=1S/C16H19F2NO5/c1-9(15(21)23-2)4-13(16(22)24-3)19-14(20)7-10-5-11(17)8-12(18)6-10/h5-6,8-9,13H,4,7H2,1-3H3,(H,19,20)/t9-,13+/m1/s1. The fourth-order valence-electron chi connectivity index (χ4n) is 2.15. The number of hydrogen-bond donors (Lipinski definition) is 1. The van der Waals surface area contributed by atoms with Gasteiger partial charge < -0.3 is 14.8 Å². The number of carbonyl (C=O) groups excluding carboxylic acids is 3. The fourth-order valence-corrected chi connectivity index (χ4v) is 2.15. The van der Waals surface area contributed by atoms with E-state index in [0.717, 1.165) is 19.2 Å². The van der Waals surface area contributed by atoms with Gasteiger partial charge in [-0.2, -0.15) is 0 Å². The molecule has 0 bridgehead atoms.